The Labute approximate surface area is 125 Å². The average Bonchev–Trinajstić information content (AvgIpc) is 2.41. The van der Waals surface area contributed by atoms with Crippen molar-refractivity contribution in [1.29, 1.82) is 0 Å². The molecule has 114 valence electrons. The molecule has 3 N–H and O–H groups in total. The Balaban J connectivity index is 2.23. The summed E-state index contributed by atoms with van der Waals surface area (Å²) in [7, 11) is 0. The number of carboxylic acids is 1. The van der Waals surface area contributed by atoms with Crippen molar-refractivity contribution in [2.24, 2.45) is 9.98 Å². The number of hydrogen-bond acceptors (Lipinski definition) is 6. The summed E-state index contributed by atoms with van der Waals surface area (Å²) in [6.07, 6.45) is -1.41. The predicted octanol–water partition coefficient (Wildman–Crippen LogP) is 0.0847. The van der Waals surface area contributed by atoms with Crippen LogP contribution in [-0.2, 0) is 9.59 Å². The Morgan fingerprint density at radius 1 is 1.36 bits per heavy atom. The number of rotatable bonds is 2. The molecule has 0 spiro atoms. The summed E-state index contributed by atoms with van der Waals surface area (Å²) in [5.41, 5.74) is 3.01. The van der Waals surface area contributed by atoms with Crippen molar-refractivity contribution in [3.05, 3.63) is 23.3 Å². The highest BCUT2D eigenvalue weighted by Gasteiger charge is 2.36. The molecule has 22 heavy (non-hydrogen) atoms. The number of carbonyl (C=O) groups excluding carboxylic acids is 1. The van der Waals surface area contributed by atoms with Gasteiger partial charge in [-0.25, -0.2) is 9.98 Å². The molecule has 0 saturated heterocycles. The minimum Gasteiger partial charge on any atom is -0.480 e. The molecule has 0 aromatic heterocycles. The lowest BCUT2D eigenvalue weighted by Crippen LogP contribution is -2.54. The van der Waals surface area contributed by atoms with Crippen LogP contribution in [0.2, 0.25) is 0 Å². The molecule has 0 fully saturated rings. The highest BCUT2D eigenvalue weighted by atomic mass is 16.4. The third-order valence-electron chi connectivity index (χ3n) is 3.59. The summed E-state index contributed by atoms with van der Waals surface area (Å²) < 4.78 is 0. The molecule has 1 aromatic carbocycles. The lowest BCUT2D eigenvalue weighted by atomic mass is 10.0. The second-order valence-electron chi connectivity index (χ2n) is 5.17. The molecule has 1 aromatic rings. The quantitative estimate of drug-likeness (QED) is 0.716. The average molecular weight is 302 g/mol. The van der Waals surface area contributed by atoms with Crippen LogP contribution in [0.5, 0.6) is 0 Å². The number of carboxylic acid groups (broad SMARTS) is 1. The molecule has 0 bridgehead atoms. The molecule has 8 nitrogen and oxygen atoms in total. The van der Waals surface area contributed by atoms with Gasteiger partial charge in [-0.05, 0) is 37.1 Å². The van der Waals surface area contributed by atoms with Crippen LogP contribution < -0.4 is 10.2 Å². The van der Waals surface area contributed by atoms with Crippen LogP contribution >= 0.6 is 0 Å². The number of aliphatic imine (C=N–C) groups is 2. The number of aliphatic carboxylic acids is 1. The fraction of sp³-hybridized carbons (Fsp3) is 0.286. The van der Waals surface area contributed by atoms with Crippen molar-refractivity contribution >= 4 is 34.8 Å². The second-order valence-corrected chi connectivity index (χ2v) is 5.17. The van der Waals surface area contributed by atoms with Gasteiger partial charge in [0.25, 0.3) is 5.91 Å². The zero-order valence-corrected chi connectivity index (χ0v) is 12.0. The number of amidine groups is 1. The largest absolute Gasteiger partial charge is 0.480 e. The number of aryl methyl sites for hydroxylation is 2. The van der Waals surface area contributed by atoms with Gasteiger partial charge in [0.15, 0.2) is 11.5 Å². The van der Waals surface area contributed by atoms with E-state index in [1.165, 1.54) is 4.90 Å². The van der Waals surface area contributed by atoms with Crippen LogP contribution in [0.3, 0.4) is 0 Å². The van der Waals surface area contributed by atoms with Crippen LogP contribution in [0.1, 0.15) is 11.1 Å². The summed E-state index contributed by atoms with van der Waals surface area (Å²) >= 11 is 0. The van der Waals surface area contributed by atoms with Crippen molar-refractivity contribution in [2.45, 2.75) is 20.2 Å². The van der Waals surface area contributed by atoms with Gasteiger partial charge in [0.2, 0.25) is 6.35 Å². The van der Waals surface area contributed by atoms with E-state index in [1.54, 1.807) is 12.1 Å². The lowest BCUT2D eigenvalue weighted by molar-refractivity contribution is -0.135. The van der Waals surface area contributed by atoms with Gasteiger partial charge in [0.05, 0.1) is 11.4 Å². The molecule has 2 aliphatic heterocycles. The summed E-state index contributed by atoms with van der Waals surface area (Å²) in [5.74, 6) is -1.60. The van der Waals surface area contributed by atoms with Gasteiger partial charge in [0.1, 0.15) is 6.54 Å². The van der Waals surface area contributed by atoms with Gasteiger partial charge < -0.3 is 20.4 Å². The smallest absolute Gasteiger partial charge is 0.323 e. The first-order valence-corrected chi connectivity index (χ1v) is 6.63. The maximum Gasteiger partial charge on any atom is 0.323 e. The summed E-state index contributed by atoms with van der Waals surface area (Å²) in [6.45, 7) is 3.43. The zero-order chi connectivity index (χ0) is 16.0. The Morgan fingerprint density at radius 3 is 2.73 bits per heavy atom. The van der Waals surface area contributed by atoms with Crippen LogP contribution in [-0.4, -0.2) is 46.5 Å². The Hall–Kier alpha value is -2.74. The first-order valence-electron chi connectivity index (χ1n) is 6.63. The van der Waals surface area contributed by atoms with E-state index in [9.17, 15) is 14.7 Å². The summed E-state index contributed by atoms with van der Waals surface area (Å²) in [5, 5.41) is 20.9. The van der Waals surface area contributed by atoms with Gasteiger partial charge >= 0.3 is 5.97 Å². The maximum atomic E-state index is 12.0. The number of nitrogens with one attached hydrogen (secondary N) is 1. The molecular formula is C14H14N4O4. The Bertz CT molecular complexity index is 753. The number of nitrogens with zero attached hydrogens (tertiary/aromatic N) is 3. The number of anilines is 1. The van der Waals surface area contributed by atoms with Gasteiger partial charge in [-0.3, -0.25) is 9.59 Å². The molecule has 1 unspecified atom stereocenters. The Kier molecular flexibility index (Phi) is 3.18. The molecule has 1 atom stereocenters. The van der Waals surface area contributed by atoms with Crippen molar-refractivity contribution in [2.75, 3.05) is 11.4 Å². The third-order valence-corrected chi connectivity index (χ3v) is 3.59. The number of aliphatic hydroxyl groups is 1. The van der Waals surface area contributed by atoms with Gasteiger partial charge in [-0.15, -0.1) is 0 Å². The predicted molar refractivity (Wildman–Crippen MR) is 79.6 cm³/mol. The number of aliphatic hydroxyl groups excluding tert-OH is 1. The molecular weight excluding hydrogens is 288 g/mol. The number of amides is 1. The van der Waals surface area contributed by atoms with Crippen molar-refractivity contribution < 1.29 is 19.8 Å². The van der Waals surface area contributed by atoms with E-state index in [-0.39, 0.29) is 18.1 Å². The van der Waals surface area contributed by atoms with Crippen LogP contribution in [0.25, 0.3) is 0 Å². The van der Waals surface area contributed by atoms with E-state index in [0.717, 1.165) is 11.1 Å². The first-order chi connectivity index (χ1) is 10.4. The summed E-state index contributed by atoms with van der Waals surface area (Å²) in [6, 6.07) is 3.59. The fourth-order valence-electron chi connectivity index (χ4n) is 2.42. The van der Waals surface area contributed by atoms with Crippen molar-refractivity contribution in [1.82, 2.24) is 5.32 Å². The van der Waals surface area contributed by atoms with Gasteiger partial charge in [-0.1, -0.05) is 0 Å². The van der Waals surface area contributed by atoms with Crippen LogP contribution in [0, 0.1) is 13.8 Å². The number of hydrogen-bond donors (Lipinski definition) is 3. The van der Waals surface area contributed by atoms with E-state index in [4.69, 9.17) is 5.11 Å². The van der Waals surface area contributed by atoms with Crippen LogP contribution in [0.15, 0.2) is 22.1 Å². The summed E-state index contributed by atoms with van der Waals surface area (Å²) in [4.78, 5) is 32.7. The fourth-order valence-corrected chi connectivity index (χ4v) is 2.42. The number of benzene rings is 1. The minimum atomic E-state index is -1.41. The van der Waals surface area contributed by atoms with Gasteiger partial charge in [0, 0.05) is 0 Å². The molecule has 0 saturated carbocycles. The molecule has 0 aliphatic carbocycles. The molecule has 2 aliphatic rings. The maximum absolute atomic E-state index is 12.0. The minimum absolute atomic E-state index is 0.00213. The second kappa shape index (κ2) is 4.92. The first kappa shape index (κ1) is 14.2. The number of fused-ring (bicyclic) bond motifs is 2. The zero-order valence-electron chi connectivity index (χ0n) is 12.0. The molecule has 0 radical (unpaired) electrons. The van der Waals surface area contributed by atoms with E-state index in [1.807, 2.05) is 13.8 Å². The topological polar surface area (TPSA) is 115 Å². The number of carbonyl (C=O) groups is 2. The van der Waals surface area contributed by atoms with E-state index in [0.29, 0.717) is 11.4 Å². The third kappa shape index (κ3) is 2.23. The lowest BCUT2D eigenvalue weighted by Gasteiger charge is -2.33. The van der Waals surface area contributed by atoms with Crippen molar-refractivity contribution in [3.63, 3.8) is 0 Å². The Morgan fingerprint density at radius 2 is 2.05 bits per heavy atom. The SMILES string of the molecule is Cc1cc2c(cc1C)N(CC(=O)O)C1=NC(O)NC(=O)C1=N2. The molecule has 8 heteroatoms. The van der Waals surface area contributed by atoms with E-state index < -0.39 is 18.2 Å². The van der Waals surface area contributed by atoms with E-state index in [2.05, 4.69) is 15.3 Å². The van der Waals surface area contributed by atoms with E-state index >= 15 is 0 Å². The highest BCUT2D eigenvalue weighted by Crippen LogP contribution is 2.36. The monoisotopic (exact) mass is 302 g/mol. The van der Waals surface area contributed by atoms with Crippen molar-refractivity contribution in [3.8, 4) is 0 Å². The highest BCUT2D eigenvalue weighted by molar-refractivity contribution is 6.70. The van der Waals surface area contributed by atoms with Crippen LogP contribution in [0.4, 0.5) is 11.4 Å². The normalized spacial score (nSPS) is 19.7. The molecule has 1 amide bonds. The molecule has 3 rings (SSSR count). The molecule has 2 heterocycles. The standard InChI is InChI=1S/C14H14N4O4/c1-6-3-8-9(4-7(6)2)18(5-10(19)20)12-11(15-8)13(21)17-14(22)16-12/h3-4,14,22H,5H2,1-2H3,(H,17,21)(H,19,20). The van der Waals surface area contributed by atoms with Gasteiger partial charge in [-0.2, -0.15) is 0 Å².